The Morgan fingerprint density at radius 3 is 1.41 bits per heavy atom. The van der Waals surface area contributed by atoms with Gasteiger partial charge < -0.3 is 13.3 Å². The smallest absolute Gasteiger partial charge is 0.144 e. The molecule has 3 heteroatoms. The summed E-state index contributed by atoms with van der Waals surface area (Å²) in [4.78, 5) is 0. The Hall–Kier alpha value is -11.5. The van der Waals surface area contributed by atoms with Gasteiger partial charge in [-0.1, -0.05) is 252 Å². The Labute approximate surface area is 566 Å². The van der Waals surface area contributed by atoms with E-state index in [1.807, 2.05) is 0 Å². The first kappa shape index (κ1) is 53.7. The predicted molar refractivity (Wildman–Crippen MR) is 399 cm³/mol. The highest BCUT2D eigenvalue weighted by Gasteiger charge is 2.57. The second-order valence-corrected chi connectivity index (χ2v) is 29.8. The molecule has 3 aromatic heterocycles. The van der Waals surface area contributed by atoms with Crippen molar-refractivity contribution < 1.29 is 13.3 Å². The lowest BCUT2D eigenvalue weighted by molar-refractivity contribution is 0.599. The van der Waals surface area contributed by atoms with E-state index < -0.39 is 10.8 Å². The van der Waals surface area contributed by atoms with Crippen LogP contribution in [0.25, 0.3) is 133 Å². The van der Waals surface area contributed by atoms with Crippen LogP contribution in [0.3, 0.4) is 0 Å². The van der Waals surface area contributed by atoms with E-state index in [0.29, 0.717) is 0 Å². The monoisotopic (exact) mass is 1250 g/mol. The molecule has 460 valence electrons. The SMILES string of the molecule is CC1(C)c2cc(C(CCc3ccc4c(c3)C3(c5ccccc5-c5ccccc53)c3cc5c(cc3-4)C3(c4ccccc4-c4ccccc43)c3ccc4oc6ccccc6c4c3-5)c3ccc4oc5ccccc5c4c3)ccc2-c2c1c1c(c3c2oc2ccccc23)-c2ccccc2C1(C)C. The Kier molecular flexibility index (Phi) is 10.0. The van der Waals surface area contributed by atoms with Crippen LogP contribution in [0.15, 0.2) is 286 Å². The quantitative estimate of drug-likeness (QED) is 0.172. The summed E-state index contributed by atoms with van der Waals surface area (Å²) in [5, 5.41) is 7.04. The van der Waals surface area contributed by atoms with Crippen molar-refractivity contribution in [2.75, 3.05) is 0 Å². The molecule has 2 spiro atoms. The summed E-state index contributed by atoms with van der Waals surface area (Å²) < 4.78 is 20.6. The first-order valence-electron chi connectivity index (χ1n) is 35.0. The molecule has 1 atom stereocenters. The van der Waals surface area contributed by atoms with E-state index in [4.69, 9.17) is 13.3 Å². The fourth-order valence-electron chi connectivity index (χ4n) is 20.8. The Bertz CT molecular complexity index is 6430. The first-order chi connectivity index (χ1) is 48.1. The third kappa shape index (κ3) is 6.31. The molecule has 17 aromatic rings. The molecule has 0 N–H and O–H groups in total. The van der Waals surface area contributed by atoms with Crippen molar-refractivity contribution in [3.05, 3.63) is 356 Å². The third-order valence-corrected chi connectivity index (χ3v) is 24.7. The largest absolute Gasteiger partial charge is 0.456 e. The molecule has 98 heavy (non-hydrogen) atoms. The normalized spacial score (nSPS) is 15.9. The van der Waals surface area contributed by atoms with Crippen molar-refractivity contribution in [3.8, 4) is 66.8 Å². The standard InChI is InChI=1S/C95H62O3/c1-92(2)69-29-13-9-26-62(69)86-87-65-28-12-20-36-81(65)98-91(87)88-63-43-39-54(49-75(63)93(3,4)90(88)89(86)92)55(53-40-45-82-67(48-53)61-25-10-18-34-79(61)96-82)41-37-52-38-42-60-66-50-78-68(51-77(66)95(76(60)47-52)72-32-16-7-23-58(72)59-24-8-17-33-73(59)95)84-74(44-46-83-85(84)64-27-11-19-35-80(64)97-83)94(78)70-30-14-5-21-56(70)57-22-6-15-31-71(57)94/h5-36,38-40,42-51,55H,37,41H2,1-4H3. The number of hydrogen-bond acceptors (Lipinski definition) is 3. The van der Waals surface area contributed by atoms with Crippen LogP contribution in [-0.4, -0.2) is 0 Å². The zero-order chi connectivity index (χ0) is 64.4. The lowest BCUT2D eigenvalue weighted by Crippen LogP contribution is -2.27. The highest BCUT2D eigenvalue weighted by molar-refractivity contribution is 6.21. The van der Waals surface area contributed by atoms with Crippen LogP contribution in [0.2, 0.25) is 0 Å². The van der Waals surface area contributed by atoms with Gasteiger partial charge in [-0.15, -0.1) is 0 Å². The number of furan rings is 3. The molecule has 23 rings (SSSR count). The molecular weight excluding hydrogens is 1190 g/mol. The lowest BCUT2D eigenvalue weighted by atomic mass is 9.68. The minimum absolute atomic E-state index is 0.0371. The van der Waals surface area contributed by atoms with Crippen LogP contribution in [0.4, 0.5) is 0 Å². The average Bonchev–Trinajstić information content (AvgIpc) is 1.49. The van der Waals surface area contributed by atoms with Gasteiger partial charge >= 0.3 is 0 Å². The predicted octanol–water partition coefficient (Wildman–Crippen LogP) is 24.4. The van der Waals surface area contributed by atoms with E-state index in [1.54, 1.807) is 0 Å². The second kappa shape index (κ2) is 18.3. The summed E-state index contributed by atoms with van der Waals surface area (Å²) in [6.45, 7) is 9.84. The number of para-hydroxylation sites is 3. The zero-order valence-corrected chi connectivity index (χ0v) is 54.7. The topological polar surface area (TPSA) is 39.4 Å². The highest BCUT2D eigenvalue weighted by Crippen LogP contribution is 2.70. The van der Waals surface area contributed by atoms with Crippen LogP contribution in [0, 0.1) is 0 Å². The molecule has 0 amide bonds. The highest BCUT2D eigenvalue weighted by atomic mass is 16.3. The van der Waals surface area contributed by atoms with E-state index in [0.717, 1.165) is 62.5 Å². The lowest BCUT2D eigenvalue weighted by Gasteiger charge is -2.32. The minimum atomic E-state index is -0.606. The summed E-state index contributed by atoms with van der Waals surface area (Å²) in [6, 6.07) is 104. The summed E-state index contributed by atoms with van der Waals surface area (Å²) >= 11 is 0. The summed E-state index contributed by atoms with van der Waals surface area (Å²) in [5.41, 5.74) is 39.5. The molecule has 3 nitrogen and oxygen atoms in total. The van der Waals surface area contributed by atoms with Gasteiger partial charge in [-0.2, -0.15) is 0 Å². The molecule has 0 saturated heterocycles. The molecule has 0 bridgehead atoms. The maximum absolute atomic E-state index is 7.18. The van der Waals surface area contributed by atoms with Gasteiger partial charge in [0.25, 0.3) is 0 Å². The van der Waals surface area contributed by atoms with Gasteiger partial charge in [0, 0.05) is 54.6 Å². The van der Waals surface area contributed by atoms with Crippen LogP contribution >= 0.6 is 0 Å². The molecule has 1 unspecified atom stereocenters. The third-order valence-electron chi connectivity index (χ3n) is 24.7. The van der Waals surface area contributed by atoms with Crippen LogP contribution in [0.5, 0.6) is 0 Å². The van der Waals surface area contributed by atoms with Crippen molar-refractivity contribution in [3.63, 3.8) is 0 Å². The maximum atomic E-state index is 7.18. The molecule has 6 aliphatic rings. The molecular formula is C95H62O3. The number of benzene rings is 14. The summed E-state index contributed by atoms with van der Waals surface area (Å²) in [5.74, 6) is 0.0371. The average molecular weight is 1250 g/mol. The Morgan fingerprint density at radius 1 is 0.276 bits per heavy atom. The molecule has 0 fully saturated rings. The summed E-state index contributed by atoms with van der Waals surface area (Å²) in [7, 11) is 0. The van der Waals surface area contributed by atoms with Crippen molar-refractivity contribution in [1.29, 1.82) is 0 Å². The van der Waals surface area contributed by atoms with Gasteiger partial charge in [-0.25, -0.2) is 0 Å². The van der Waals surface area contributed by atoms with E-state index in [2.05, 4.69) is 301 Å². The van der Waals surface area contributed by atoms with Gasteiger partial charge in [0.05, 0.1) is 10.8 Å². The molecule has 0 aliphatic heterocycles. The molecule has 6 aliphatic carbocycles. The number of fused-ring (bicyclic) bond motifs is 39. The van der Waals surface area contributed by atoms with Crippen LogP contribution < -0.4 is 0 Å². The number of rotatable bonds is 5. The second-order valence-electron chi connectivity index (χ2n) is 29.8. The fourth-order valence-corrected chi connectivity index (χ4v) is 20.8. The van der Waals surface area contributed by atoms with E-state index in [-0.39, 0.29) is 16.7 Å². The van der Waals surface area contributed by atoms with Gasteiger partial charge in [-0.05, 0) is 206 Å². The summed E-state index contributed by atoms with van der Waals surface area (Å²) in [6.07, 6.45) is 1.73. The Morgan fingerprint density at radius 2 is 0.724 bits per heavy atom. The van der Waals surface area contributed by atoms with E-state index in [1.165, 1.54) is 166 Å². The molecule has 0 saturated carbocycles. The maximum Gasteiger partial charge on any atom is 0.144 e. The Balaban J connectivity index is 0.727. The van der Waals surface area contributed by atoms with Crippen LogP contribution in [-0.2, 0) is 28.1 Å². The van der Waals surface area contributed by atoms with Gasteiger partial charge in [-0.3, -0.25) is 0 Å². The van der Waals surface area contributed by atoms with Gasteiger partial charge in [0.2, 0.25) is 0 Å². The van der Waals surface area contributed by atoms with Crippen LogP contribution in [0.1, 0.15) is 123 Å². The van der Waals surface area contributed by atoms with Crippen molar-refractivity contribution in [2.45, 2.75) is 68.1 Å². The molecule has 0 radical (unpaired) electrons. The van der Waals surface area contributed by atoms with E-state index >= 15 is 0 Å². The number of aryl methyl sites for hydroxylation is 1. The van der Waals surface area contributed by atoms with Crippen molar-refractivity contribution in [2.24, 2.45) is 0 Å². The zero-order valence-electron chi connectivity index (χ0n) is 54.7. The fraction of sp³-hybridized carbons (Fsp3) is 0.116. The van der Waals surface area contributed by atoms with Crippen molar-refractivity contribution in [1.82, 2.24) is 0 Å². The van der Waals surface area contributed by atoms with Crippen molar-refractivity contribution >= 4 is 65.8 Å². The van der Waals surface area contributed by atoms with Gasteiger partial charge in [0.1, 0.15) is 33.5 Å². The van der Waals surface area contributed by atoms with E-state index in [9.17, 15) is 0 Å². The number of hydrogen-bond donors (Lipinski definition) is 0. The molecule has 3 heterocycles. The molecule has 14 aromatic carbocycles. The first-order valence-corrected chi connectivity index (χ1v) is 35.0. The minimum Gasteiger partial charge on any atom is -0.456 e. The van der Waals surface area contributed by atoms with Gasteiger partial charge in [0.15, 0.2) is 0 Å².